The SMILES string of the molecule is CCN(CC)CCNC(=O)COc1cccc(-c2n[nH]c3c2Cc2ccccc2-3)c1. The maximum Gasteiger partial charge on any atom is 0.257 e. The fraction of sp³-hybridized carbons (Fsp3) is 0.333. The monoisotopic (exact) mass is 404 g/mol. The largest absolute Gasteiger partial charge is 0.484 e. The molecule has 0 saturated carbocycles. The van der Waals surface area contributed by atoms with Gasteiger partial charge in [-0.3, -0.25) is 9.89 Å². The van der Waals surface area contributed by atoms with E-state index in [0.29, 0.717) is 12.3 Å². The summed E-state index contributed by atoms with van der Waals surface area (Å²) in [4.78, 5) is 14.4. The Morgan fingerprint density at radius 2 is 2.00 bits per heavy atom. The molecular weight excluding hydrogens is 376 g/mol. The van der Waals surface area contributed by atoms with Crippen molar-refractivity contribution in [3.63, 3.8) is 0 Å². The van der Waals surface area contributed by atoms with Crippen LogP contribution in [-0.4, -0.2) is 53.8 Å². The second-order valence-electron chi connectivity index (χ2n) is 7.45. The molecule has 30 heavy (non-hydrogen) atoms. The summed E-state index contributed by atoms with van der Waals surface area (Å²) in [5.74, 6) is 0.558. The molecule has 1 aliphatic carbocycles. The molecule has 0 unspecified atom stereocenters. The van der Waals surface area contributed by atoms with Gasteiger partial charge in [0, 0.05) is 36.2 Å². The highest BCUT2D eigenvalue weighted by molar-refractivity contribution is 5.81. The fourth-order valence-corrected chi connectivity index (χ4v) is 3.93. The standard InChI is InChI=1S/C24H28N4O2/c1-3-28(4-2)13-12-25-22(29)16-30-19-10-7-9-18(14-19)23-21-15-17-8-5-6-11-20(17)24(21)27-26-23/h5-11,14H,3-4,12-13,15-16H2,1-2H3,(H,25,29)(H,26,27). The number of aromatic nitrogens is 2. The maximum atomic E-state index is 12.1. The highest BCUT2D eigenvalue weighted by Gasteiger charge is 2.24. The Labute approximate surface area is 177 Å². The number of carbonyl (C=O) groups is 1. The summed E-state index contributed by atoms with van der Waals surface area (Å²) in [5, 5.41) is 10.7. The highest BCUT2D eigenvalue weighted by atomic mass is 16.5. The van der Waals surface area contributed by atoms with Gasteiger partial charge < -0.3 is 15.0 Å². The first-order chi connectivity index (χ1) is 14.7. The average molecular weight is 405 g/mol. The average Bonchev–Trinajstić information content (AvgIpc) is 3.35. The van der Waals surface area contributed by atoms with E-state index in [1.165, 1.54) is 16.7 Å². The van der Waals surface area contributed by atoms with E-state index in [1.54, 1.807) is 0 Å². The van der Waals surface area contributed by atoms with Crippen molar-refractivity contribution in [3.8, 4) is 28.3 Å². The van der Waals surface area contributed by atoms with E-state index < -0.39 is 0 Å². The van der Waals surface area contributed by atoms with Crippen molar-refractivity contribution in [1.29, 1.82) is 0 Å². The lowest BCUT2D eigenvalue weighted by Crippen LogP contribution is -2.36. The number of ether oxygens (including phenoxy) is 1. The van der Waals surface area contributed by atoms with E-state index in [-0.39, 0.29) is 12.5 Å². The number of fused-ring (bicyclic) bond motifs is 3. The second-order valence-corrected chi connectivity index (χ2v) is 7.45. The third-order valence-electron chi connectivity index (χ3n) is 5.64. The molecule has 0 saturated heterocycles. The van der Waals surface area contributed by atoms with Gasteiger partial charge in [-0.05, 0) is 30.8 Å². The summed E-state index contributed by atoms with van der Waals surface area (Å²) in [7, 11) is 0. The number of amides is 1. The highest BCUT2D eigenvalue weighted by Crippen LogP contribution is 2.40. The van der Waals surface area contributed by atoms with Crippen LogP contribution in [0.5, 0.6) is 5.75 Å². The summed E-state index contributed by atoms with van der Waals surface area (Å²) in [6.07, 6.45) is 0.872. The summed E-state index contributed by atoms with van der Waals surface area (Å²) in [5.41, 5.74) is 6.77. The zero-order valence-corrected chi connectivity index (χ0v) is 17.6. The van der Waals surface area contributed by atoms with E-state index in [0.717, 1.165) is 43.0 Å². The molecule has 1 aliphatic rings. The Kier molecular flexibility index (Phi) is 6.14. The lowest BCUT2D eigenvalue weighted by molar-refractivity contribution is -0.123. The summed E-state index contributed by atoms with van der Waals surface area (Å²) >= 11 is 0. The number of aromatic amines is 1. The molecule has 2 aromatic carbocycles. The normalized spacial score (nSPS) is 12.0. The molecular formula is C24H28N4O2. The number of H-pyrrole nitrogens is 1. The van der Waals surface area contributed by atoms with Gasteiger partial charge in [0.15, 0.2) is 6.61 Å². The number of hydrogen-bond donors (Lipinski definition) is 2. The van der Waals surface area contributed by atoms with Crippen molar-refractivity contribution in [2.45, 2.75) is 20.3 Å². The lowest BCUT2D eigenvalue weighted by Gasteiger charge is -2.18. The Morgan fingerprint density at radius 1 is 1.17 bits per heavy atom. The van der Waals surface area contributed by atoms with Gasteiger partial charge in [-0.25, -0.2) is 0 Å². The molecule has 6 heteroatoms. The zero-order chi connectivity index (χ0) is 20.9. The van der Waals surface area contributed by atoms with Crippen molar-refractivity contribution in [3.05, 3.63) is 59.7 Å². The summed E-state index contributed by atoms with van der Waals surface area (Å²) in [6.45, 7) is 7.69. The first kappa shape index (κ1) is 20.2. The molecule has 0 spiro atoms. The number of likely N-dealkylation sites (N-methyl/N-ethyl adjacent to an activating group) is 1. The van der Waals surface area contributed by atoms with Gasteiger partial charge >= 0.3 is 0 Å². The number of nitrogens with zero attached hydrogens (tertiary/aromatic N) is 2. The van der Waals surface area contributed by atoms with Gasteiger partial charge in [0.1, 0.15) is 5.75 Å². The van der Waals surface area contributed by atoms with Crippen LogP contribution in [0.1, 0.15) is 25.0 Å². The third kappa shape index (κ3) is 4.24. The first-order valence-corrected chi connectivity index (χ1v) is 10.6. The van der Waals surface area contributed by atoms with Crippen LogP contribution >= 0.6 is 0 Å². The van der Waals surface area contributed by atoms with E-state index >= 15 is 0 Å². The van der Waals surface area contributed by atoms with Crippen molar-refractivity contribution in [1.82, 2.24) is 20.4 Å². The Balaban J connectivity index is 1.38. The number of benzene rings is 2. The van der Waals surface area contributed by atoms with Gasteiger partial charge in [-0.2, -0.15) is 5.10 Å². The van der Waals surface area contributed by atoms with E-state index in [2.05, 4.69) is 58.5 Å². The number of hydrogen-bond acceptors (Lipinski definition) is 4. The molecule has 1 aromatic heterocycles. The molecule has 4 rings (SSSR count). The molecule has 1 amide bonds. The minimum atomic E-state index is -0.108. The molecule has 2 N–H and O–H groups in total. The van der Waals surface area contributed by atoms with Crippen molar-refractivity contribution in [2.75, 3.05) is 32.8 Å². The molecule has 0 aliphatic heterocycles. The molecule has 0 bridgehead atoms. The molecule has 3 aromatic rings. The number of rotatable bonds is 9. The predicted octanol–water partition coefficient (Wildman–Crippen LogP) is 3.48. The Hall–Kier alpha value is -3.12. The second kappa shape index (κ2) is 9.13. The van der Waals surface area contributed by atoms with Crippen LogP contribution in [-0.2, 0) is 11.2 Å². The first-order valence-electron chi connectivity index (χ1n) is 10.6. The minimum Gasteiger partial charge on any atom is -0.484 e. The molecule has 0 fully saturated rings. The summed E-state index contributed by atoms with van der Waals surface area (Å²) in [6, 6.07) is 16.2. The minimum absolute atomic E-state index is 0.00577. The van der Waals surface area contributed by atoms with Gasteiger partial charge in [-0.15, -0.1) is 0 Å². The topological polar surface area (TPSA) is 70.2 Å². The molecule has 156 valence electrons. The third-order valence-corrected chi connectivity index (χ3v) is 5.64. The van der Waals surface area contributed by atoms with E-state index in [4.69, 9.17) is 4.74 Å². The quantitative estimate of drug-likeness (QED) is 0.448. The van der Waals surface area contributed by atoms with Crippen LogP contribution in [0.3, 0.4) is 0 Å². The van der Waals surface area contributed by atoms with E-state index in [9.17, 15) is 4.79 Å². The van der Waals surface area contributed by atoms with Crippen molar-refractivity contribution in [2.24, 2.45) is 0 Å². The lowest BCUT2D eigenvalue weighted by atomic mass is 10.1. The van der Waals surface area contributed by atoms with Crippen LogP contribution in [0.15, 0.2) is 48.5 Å². The van der Waals surface area contributed by atoms with Crippen LogP contribution < -0.4 is 10.1 Å². The fourth-order valence-electron chi connectivity index (χ4n) is 3.93. The van der Waals surface area contributed by atoms with Crippen LogP contribution in [0.25, 0.3) is 22.5 Å². The van der Waals surface area contributed by atoms with Crippen LogP contribution in [0.4, 0.5) is 0 Å². The predicted molar refractivity (Wildman–Crippen MR) is 119 cm³/mol. The molecule has 0 radical (unpaired) electrons. The zero-order valence-electron chi connectivity index (χ0n) is 17.6. The Morgan fingerprint density at radius 3 is 2.83 bits per heavy atom. The van der Waals surface area contributed by atoms with Gasteiger partial charge in [0.2, 0.25) is 0 Å². The van der Waals surface area contributed by atoms with Crippen LogP contribution in [0.2, 0.25) is 0 Å². The van der Waals surface area contributed by atoms with Crippen LogP contribution in [0, 0.1) is 0 Å². The molecule has 1 heterocycles. The number of nitrogens with one attached hydrogen (secondary N) is 2. The number of carbonyl (C=O) groups excluding carboxylic acids is 1. The van der Waals surface area contributed by atoms with Crippen molar-refractivity contribution < 1.29 is 9.53 Å². The molecule has 6 nitrogen and oxygen atoms in total. The summed E-state index contributed by atoms with van der Waals surface area (Å²) < 4.78 is 5.73. The molecule has 0 atom stereocenters. The van der Waals surface area contributed by atoms with Gasteiger partial charge in [0.25, 0.3) is 5.91 Å². The van der Waals surface area contributed by atoms with Gasteiger partial charge in [-0.1, -0.05) is 50.2 Å². The Bertz CT molecular complexity index is 1020. The smallest absolute Gasteiger partial charge is 0.257 e. The van der Waals surface area contributed by atoms with Crippen molar-refractivity contribution >= 4 is 5.91 Å². The van der Waals surface area contributed by atoms with Gasteiger partial charge in [0.05, 0.1) is 11.4 Å². The van der Waals surface area contributed by atoms with E-state index in [1.807, 2.05) is 24.3 Å². The maximum absolute atomic E-state index is 12.1.